The van der Waals surface area contributed by atoms with Crippen LogP contribution in [-0.2, 0) is 17.5 Å². The number of alkyl halides is 3. The van der Waals surface area contributed by atoms with Gasteiger partial charge in [-0.1, -0.05) is 24.3 Å². The van der Waals surface area contributed by atoms with E-state index < -0.39 is 29.3 Å². The van der Waals surface area contributed by atoms with Crippen molar-refractivity contribution in [1.29, 1.82) is 0 Å². The SMILES string of the molecule is COC(=O)c1cc(-c2ccc(OC)cc2C(F)(F)F)ccc1Cn1cc2nc(-c3cccc(F)c3F)nc-2cn1. The number of esters is 1. The zero-order valence-electron chi connectivity index (χ0n) is 21.0. The quantitative estimate of drug-likeness (QED) is 0.182. The monoisotopic (exact) mass is 554 g/mol. The Morgan fingerprint density at radius 1 is 0.950 bits per heavy atom. The van der Waals surface area contributed by atoms with Crippen LogP contribution in [0, 0.1) is 11.6 Å². The van der Waals surface area contributed by atoms with Crippen molar-refractivity contribution in [2.75, 3.05) is 14.2 Å². The molecule has 0 saturated heterocycles. The molecule has 12 heteroatoms. The van der Waals surface area contributed by atoms with Crippen LogP contribution in [0.3, 0.4) is 0 Å². The van der Waals surface area contributed by atoms with E-state index in [2.05, 4.69) is 15.1 Å². The molecule has 3 aromatic carbocycles. The molecule has 2 heterocycles. The van der Waals surface area contributed by atoms with Crippen LogP contribution in [0.25, 0.3) is 33.9 Å². The number of halogens is 5. The first-order chi connectivity index (χ1) is 19.1. The van der Waals surface area contributed by atoms with Crippen molar-refractivity contribution in [2.24, 2.45) is 0 Å². The maximum Gasteiger partial charge on any atom is 0.417 e. The Morgan fingerprint density at radius 3 is 2.45 bits per heavy atom. The van der Waals surface area contributed by atoms with E-state index in [1.165, 1.54) is 66.6 Å². The van der Waals surface area contributed by atoms with Crippen LogP contribution in [0.4, 0.5) is 22.0 Å². The zero-order valence-corrected chi connectivity index (χ0v) is 21.0. The minimum Gasteiger partial charge on any atom is -0.497 e. The summed E-state index contributed by atoms with van der Waals surface area (Å²) in [7, 11) is 2.43. The average molecular weight is 554 g/mol. The zero-order chi connectivity index (χ0) is 28.6. The van der Waals surface area contributed by atoms with Gasteiger partial charge in [0, 0.05) is 0 Å². The second-order valence-corrected chi connectivity index (χ2v) is 8.66. The molecule has 0 spiro atoms. The minimum absolute atomic E-state index is 0.0198. The fourth-order valence-corrected chi connectivity index (χ4v) is 4.24. The molecule has 5 rings (SSSR count). The lowest BCUT2D eigenvalue weighted by molar-refractivity contribution is -0.137. The predicted molar refractivity (Wildman–Crippen MR) is 134 cm³/mol. The Balaban J connectivity index is 1.52. The molecular weight excluding hydrogens is 535 g/mol. The van der Waals surface area contributed by atoms with Crippen molar-refractivity contribution in [3.63, 3.8) is 0 Å². The van der Waals surface area contributed by atoms with E-state index in [0.717, 1.165) is 19.2 Å². The summed E-state index contributed by atoms with van der Waals surface area (Å²) < 4.78 is 80.6. The molecule has 0 unspecified atom stereocenters. The number of nitrogens with zero attached hydrogens (tertiary/aromatic N) is 4. The van der Waals surface area contributed by atoms with Crippen molar-refractivity contribution in [2.45, 2.75) is 12.7 Å². The third-order valence-electron chi connectivity index (χ3n) is 6.20. The average Bonchev–Trinajstić information content (AvgIpc) is 3.36. The fourth-order valence-electron chi connectivity index (χ4n) is 4.24. The highest BCUT2D eigenvalue weighted by Crippen LogP contribution is 2.39. The van der Waals surface area contributed by atoms with Crippen molar-refractivity contribution < 1.29 is 36.2 Å². The van der Waals surface area contributed by atoms with E-state index in [-0.39, 0.29) is 40.4 Å². The van der Waals surface area contributed by atoms with Crippen LogP contribution < -0.4 is 4.74 Å². The van der Waals surface area contributed by atoms with E-state index in [1.807, 2.05) is 0 Å². The number of rotatable bonds is 6. The lowest BCUT2D eigenvalue weighted by Gasteiger charge is -2.16. The van der Waals surface area contributed by atoms with Gasteiger partial charge >= 0.3 is 12.1 Å². The largest absolute Gasteiger partial charge is 0.497 e. The first kappa shape index (κ1) is 26.7. The number of fused-ring (bicyclic) bond motifs is 1. The molecule has 204 valence electrons. The van der Waals surface area contributed by atoms with Crippen LogP contribution in [0.2, 0.25) is 0 Å². The van der Waals surface area contributed by atoms with Gasteiger partial charge in [-0.3, -0.25) is 4.68 Å². The number of hydrogen-bond acceptors (Lipinski definition) is 6. The highest BCUT2D eigenvalue weighted by atomic mass is 19.4. The van der Waals surface area contributed by atoms with Gasteiger partial charge in [0.2, 0.25) is 0 Å². The van der Waals surface area contributed by atoms with E-state index in [1.54, 1.807) is 0 Å². The first-order valence-electron chi connectivity index (χ1n) is 11.7. The molecule has 2 aliphatic rings. The summed E-state index contributed by atoms with van der Waals surface area (Å²) in [4.78, 5) is 21.1. The Morgan fingerprint density at radius 2 is 1.73 bits per heavy atom. The Kier molecular flexibility index (Phi) is 6.92. The Hall–Kier alpha value is -4.87. The lowest BCUT2D eigenvalue weighted by atomic mass is 9.95. The van der Waals surface area contributed by atoms with Gasteiger partial charge in [-0.25, -0.2) is 23.5 Å². The van der Waals surface area contributed by atoms with Crippen molar-refractivity contribution in [1.82, 2.24) is 19.7 Å². The molecule has 2 aliphatic heterocycles. The summed E-state index contributed by atoms with van der Waals surface area (Å²) >= 11 is 0. The number of ether oxygens (including phenoxy) is 2. The van der Waals surface area contributed by atoms with Crippen LogP contribution in [-0.4, -0.2) is 39.9 Å². The summed E-state index contributed by atoms with van der Waals surface area (Å²) in [6.07, 6.45) is -1.79. The number of aromatic nitrogens is 4. The minimum atomic E-state index is -4.67. The van der Waals surface area contributed by atoms with Gasteiger partial charge in [-0.2, -0.15) is 18.3 Å². The summed E-state index contributed by atoms with van der Waals surface area (Å²) in [5.41, 5.74) is 0.0911. The fraction of sp³-hybridized carbons (Fsp3) is 0.143. The second kappa shape index (κ2) is 10.4. The number of benzene rings is 3. The molecule has 7 nitrogen and oxygen atoms in total. The highest BCUT2D eigenvalue weighted by molar-refractivity contribution is 5.93. The van der Waals surface area contributed by atoms with Gasteiger partial charge in [0.15, 0.2) is 17.5 Å². The van der Waals surface area contributed by atoms with E-state index >= 15 is 0 Å². The summed E-state index contributed by atoms with van der Waals surface area (Å²) in [6.45, 7) is 0.0198. The van der Waals surface area contributed by atoms with E-state index in [0.29, 0.717) is 17.0 Å². The lowest BCUT2D eigenvalue weighted by Crippen LogP contribution is -2.12. The third kappa shape index (κ3) is 5.07. The topological polar surface area (TPSA) is 79.1 Å². The molecular formula is C28H19F5N4O3. The molecule has 0 fully saturated rings. The van der Waals surface area contributed by atoms with Crippen LogP contribution in [0.1, 0.15) is 21.5 Å². The van der Waals surface area contributed by atoms with Crippen LogP contribution in [0.15, 0.2) is 67.0 Å². The Bertz CT molecular complexity index is 1700. The van der Waals surface area contributed by atoms with Crippen LogP contribution >= 0.6 is 0 Å². The molecule has 0 atom stereocenters. The van der Waals surface area contributed by atoms with Gasteiger partial charge in [0.1, 0.15) is 17.1 Å². The Labute approximate surface area is 224 Å². The van der Waals surface area contributed by atoms with Gasteiger partial charge < -0.3 is 9.47 Å². The maximum absolute atomic E-state index is 14.2. The number of carbonyl (C=O) groups is 1. The molecule has 3 aromatic rings. The molecule has 0 radical (unpaired) electrons. The highest BCUT2D eigenvalue weighted by Gasteiger charge is 2.34. The standard InChI is InChI=1S/C28H19F5N4O3/c1-39-17-8-9-18(21(11-17)28(31,32)33)15-6-7-16(20(10-15)27(38)40-2)13-37-14-24-23(12-34-37)35-26(36-24)19-4-3-5-22(29)25(19)30/h3-12,14H,13H2,1-2H3. The van der Waals surface area contributed by atoms with Crippen molar-refractivity contribution in [3.8, 4) is 39.7 Å². The summed E-state index contributed by atoms with van der Waals surface area (Å²) in [5.74, 6) is -2.84. The van der Waals surface area contributed by atoms with Gasteiger partial charge in [0.05, 0.1) is 49.8 Å². The molecule has 0 aliphatic carbocycles. The summed E-state index contributed by atoms with van der Waals surface area (Å²) in [5, 5.41) is 4.25. The van der Waals surface area contributed by atoms with Gasteiger partial charge in [-0.05, 0) is 47.0 Å². The number of methoxy groups -OCH3 is 2. The third-order valence-corrected chi connectivity index (χ3v) is 6.20. The van der Waals surface area contributed by atoms with Crippen molar-refractivity contribution >= 4 is 5.97 Å². The van der Waals surface area contributed by atoms with Gasteiger partial charge in [-0.15, -0.1) is 0 Å². The van der Waals surface area contributed by atoms with E-state index in [9.17, 15) is 26.7 Å². The maximum atomic E-state index is 14.2. The molecule has 0 bridgehead atoms. The molecule has 40 heavy (non-hydrogen) atoms. The smallest absolute Gasteiger partial charge is 0.417 e. The molecule has 0 N–H and O–H groups in total. The number of hydrogen-bond donors (Lipinski definition) is 0. The molecule has 0 amide bonds. The van der Waals surface area contributed by atoms with Crippen molar-refractivity contribution in [3.05, 3.63) is 95.3 Å². The van der Waals surface area contributed by atoms with Crippen LogP contribution in [0.5, 0.6) is 5.75 Å². The van der Waals surface area contributed by atoms with E-state index in [4.69, 9.17) is 9.47 Å². The first-order valence-corrected chi connectivity index (χ1v) is 11.7. The van der Waals surface area contributed by atoms with Gasteiger partial charge in [0.25, 0.3) is 0 Å². The molecule has 0 aromatic heterocycles. The predicted octanol–water partition coefficient (Wildman–Crippen LogP) is 6.25. The second-order valence-electron chi connectivity index (χ2n) is 8.66. The number of carbonyl (C=O) groups excluding carboxylic acids is 1. The number of imidazole rings is 1. The molecule has 0 saturated carbocycles. The normalized spacial score (nSPS) is 11.6. The summed E-state index contributed by atoms with van der Waals surface area (Å²) in [6, 6.07) is 11.5.